The van der Waals surface area contributed by atoms with Crippen LogP contribution >= 0.6 is 0 Å². The number of aliphatic imine (C=N–C) groups is 1. The van der Waals surface area contributed by atoms with Gasteiger partial charge < -0.3 is 24.8 Å². The molecule has 0 radical (unpaired) electrons. The SMILES string of the molecule is CN=C(NCc1nccn1Cc1ccccc1)NC1CCN(C(=O)OC)CC1. The molecule has 0 saturated carbocycles. The molecule has 150 valence electrons. The van der Waals surface area contributed by atoms with Crippen molar-refractivity contribution < 1.29 is 9.53 Å². The second-order valence-corrected chi connectivity index (χ2v) is 6.76. The zero-order chi connectivity index (χ0) is 19.8. The predicted molar refractivity (Wildman–Crippen MR) is 108 cm³/mol. The van der Waals surface area contributed by atoms with Crippen LogP contribution in [0.15, 0.2) is 47.7 Å². The van der Waals surface area contributed by atoms with Gasteiger partial charge in [0.1, 0.15) is 5.82 Å². The highest BCUT2D eigenvalue weighted by atomic mass is 16.5. The van der Waals surface area contributed by atoms with Gasteiger partial charge in [-0.3, -0.25) is 4.99 Å². The van der Waals surface area contributed by atoms with E-state index in [1.54, 1.807) is 11.9 Å². The number of hydrogen-bond acceptors (Lipinski definition) is 4. The fraction of sp³-hybridized carbons (Fsp3) is 0.450. The van der Waals surface area contributed by atoms with Gasteiger partial charge in [0.25, 0.3) is 0 Å². The van der Waals surface area contributed by atoms with Crippen molar-refractivity contribution >= 4 is 12.1 Å². The Morgan fingerprint density at radius 2 is 2.04 bits per heavy atom. The lowest BCUT2D eigenvalue weighted by molar-refractivity contribution is 0.111. The molecule has 1 aliphatic rings. The van der Waals surface area contributed by atoms with Crippen molar-refractivity contribution in [2.24, 2.45) is 4.99 Å². The third-order valence-corrected chi connectivity index (χ3v) is 4.90. The van der Waals surface area contributed by atoms with E-state index in [9.17, 15) is 4.79 Å². The molecular weight excluding hydrogens is 356 g/mol. The number of piperidine rings is 1. The lowest BCUT2D eigenvalue weighted by Crippen LogP contribution is -2.49. The number of aromatic nitrogens is 2. The monoisotopic (exact) mass is 384 g/mol. The predicted octanol–water partition coefficient (Wildman–Crippen LogP) is 1.83. The van der Waals surface area contributed by atoms with E-state index in [-0.39, 0.29) is 12.1 Å². The molecule has 2 heterocycles. The molecule has 1 saturated heterocycles. The summed E-state index contributed by atoms with van der Waals surface area (Å²) >= 11 is 0. The number of nitrogens with zero attached hydrogens (tertiary/aromatic N) is 4. The van der Waals surface area contributed by atoms with Crippen LogP contribution in [0.4, 0.5) is 4.79 Å². The number of ether oxygens (including phenoxy) is 1. The highest BCUT2D eigenvalue weighted by Gasteiger charge is 2.23. The Bertz CT molecular complexity index is 781. The third-order valence-electron chi connectivity index (χ3n) is 4.90. The number of imidazole rings is 1. The topological polar surface area (TPSA) is 83.8 Å². The number of rotatable bonds is 5. The Balaban J connectivity index is 1.49. The summed E-state index contributed by atoms with van der Waals surface area (Å²) in [6.07, 6.45) is 5.27. The maximum absolute atomic E-state index is 11.6. The first-order valence-electron chi connectivity index (χ1n) is 9.53. The minimum atomic E-state index is -0.258. The van der Waals surface area contributed by atoms with Crippen LogP contribution in [0.25, 0.3) is 0 Å². The summed E-state index contributed by atoms with van der Waals surface area (Å²) in [5, 5.41) is 6.78. The second-order valence-electron chi connectivity index (χ2n) is 6.76. The smallest absolute Gasteiger partial charge is 0.409 e. The average Bonchev–Trinajstić information content (AvgIpc) is 3.18. The van der Waals surface area contributed by atoms with Crippen molar-refractivity contribution in [3.63, 3.8) is 0 Å². The fourth-order valence-electron chi connectivity index (χ4n) is 3.32. The van der Waals surface area contributed by atoms with E-state index >= 15 is 0 Å². The van der Waals surface area contributed by atoms with Gasteiger partial charge in [0.15, 0.2) is 5.96 Å². The maximum Gasteiger partial charge on any atom is 0.409 e. The van der Waals surface area contributed by atoms with Crippen LogP contribution in [0.5, 0.6) is 0 Å². The molecule has 8 nitrogen and oxygen atoms in total. The van der Waals surface area contributed by atoms with E-state index in [2.05, 4.69) is 37.3 Å². The molecule has 0 unspecified atom stereocenters. The number of likely N-dealkylation sites (tertiary alicyclic amines) is 1. The van der Waals surface area contributed by atoms with Crippen molar-refractivity contribution in [2.45, 2.75) is 32.0 Å². The van der Waals surface area contributed by atoms with Gasteiger partial charge in [-0.05, 0) is 18.4 Å². The lowest BCUT2D eigenvalue weighted by atomic mass is 10.1. The zero-order valence-electron chi connectivity index (χ0n) is 16.5. The van der Waals surface area contributed by atoms with Crippen LogP contribution in [0.2, 0.25) is 0 Å². The van der Waals surface area contributed by atoms with E-state index in [0.29, 0.717) is 19.6 Å². The second kappa shape index (κ2) is 9.77. The van der Waals surface area contributed by atoms with Crippen LogP contribution in [0.3, 0.4) is 0 Å². The standard InChI is InChI=1S/C20H28N6O2/c1-21-19(24-17-8-11-25(12-9-17)20(27)28-2)23-14-18-22-10-13-26(18)15-16-6-4-3-5-7-16/h3-7,10,13,17H,8-9,11-12,14-15H2,1-2H3,(H2,21,23,24). The fourth-order valence-corrected chi connectivity index (χ4v) is 3.32. The summed E-state index contributed by atoms with van der Waals surface area (Å²) in [7, 11) is 3.18. The summed E-state index contributed by atoms with van der Waals surface area (Å²) in [5.41, 5.74) is 1.24. The Labute approximate surface area is 165 Å². The van der Waals surface area contributed by atoms with Crippen molar-refractivity contribution in [3.8, 4) is 0 Å². The Hall–Kier alpha value is -3.03. The van der Waals surface area contributed by atoms with E-state index in [1.807, 2.05) is 30.6 Å². The normalized spacial score (nSPS) is 15.4. The van der Waals surface area contributed by atoms with Gasteiger partial charge in [-0.2, -0.15) is 0 Å². The van der Waals surface area contributed by atoms with Gasteiger partial charge in [-0.1, -0.05) is 30.3 Å². The summed E-state index contributed by atoms with van der Waals surface area (Å²) in [6, 6.07) is 10.6. The maximum atomic E-state index is 11.6. The molecule has 2 N–H and O–H groups in total. The van der Waals surface area contributed by atoms with Crippen LogP contribution in [0.1, 0.15) is 24.2 Å². The quantitative estimate of drug-likeness (QED) is 0.607. The van der Waals surface area contributed by atoms with Gasteiger partial charge in [0.05, 0.1) is 13.7 Å². The molecule has 1 aliphatic heterocycles. The summed E-state index contributed by atoms with van der Waals surface area (Å²) in [5.74, 6) is 1.69. The highest BCUT2D eigenvalue weighted by molar-refractivity contribution is 5.79. The molecule has 0 bridgehead atoms. The largest absolute Gasteiger partial charge is 0.453 e. The molecule has 1 fully saturated rings. The Morgan fingerprint density at radius 3 is 2.71 bits per heavy atom. The van der Waals surface area contributed by atoms with Crippen LogP contribution < -0.4 is 10.6 Å². The highest BCUT2D eigenvalue weighted by Crippen LogP contribution is 2.11. The molecule has 0 atom stereocenters. The molecule has 1 amide bonds. The molecule has 0 spiro atoms. The van der Waals surface area contributed by atoms with Gasteiger partial charge in [-0.15, -0.1) is 0 Å². The number of nitrogens with one attached hydrogen (secondary N) is 2. The van der Waals surface area contributed by atoms with Crippen molar-refractivity contribution in [1.82, 2.24) is 25.1 Å². The first-order chi connectivity index (χ1) is 13.7. The number of carbonyl (C=O) groups excluding carboxylic acids is 1. The van der Waals surface area contributed by atoms with E-state index in [4.69, 9.17) is 4.74 Å². The van der Waals surface area contributed by atoms with Gasteiger partial charge in [0, 0.05) is 45.1 Å². The molecule has 8 heteroatoms. The van der Waals surface area contributed by atoms with Gasteiger partial charge >= 0.3 is 6.09 Å². The van der Waals surface area contributed by atoms with E-state index < -0.39 is 0 Å². The summed E-state index contributed by atoms with van der Waals surface area (Å²) < 4.78 is 6.91. The molecule has 1 aromatic heterocycles. The number of methoxy groups -OCH3 is 1. The van der Waals surface area contributed by atoms with Crippen molar-refractivity contribution in [2.75, 3.05) is 27.2 Å². The molecule has 3 rings (SSSR count). The lowest BCUT2D eigenvalue weighted by Gasteiger charge is -2.32. The minimum Gasteiger partial charge on any atom is -0.453 e. The number of hydrogen-bond donors (Lipinski definition) is 2. The molecular formula is C20H28N6O2. The number of benzene rings is 1. The van der Waals surface area contributed by atoms with E-state index in [0.717, 1.165) is 31.2 Å². The van der Waals surface area contributed by atoms with Crippen LogP contribution in [-0.2, 0) is 17.8 Å². The molecule has 28 heavy (non-hydrogen) atoms. The minimum absolute atomic E-state index is 0.258. The number of amides is 1. The molecule has 2 aromatic rings. The first-order valence-corrected chi connectivity index (χ1v) is 9.53. The Morgan fingerprint density at radius 1 is 1.29 bits per heavy atom. The van der Waals surface area contributed by atoms with Crippen LogP contribution in [-0.4, -0.2) is 59.8 Å². The average molecular weight is 384 g/mol. The first kappa shape index (κ1) is 19.7. The number of guanidine groups is 1. The molecule has 0 aliphatic carbocycles. The van der Waals surface area contributed by atoms with Crippen LogP contribution in [0, 0.1) is 0 Å². The number of carbonyl (C=O) groups is 1. The van der Waals surface area contributed by atoms with Crippen molar-refractivity contribution in [1.29, 1.82) is 0 Å². The van der Waals surface area contributed by atoms with Gasteiger partial charge in [-0.25, -0.2) is 9.78 Å². The third kappa shape index (κ3) is 5.25. The molecule has 1 aromatic carbocycles. The Kier molecular flexibility index (Phi) is 6.89. The van der Waals surface area contributed by atoms with E-state index in [1.165, 1.54) is 12.7 Å². The summed E-state index contributed by atoms with van der Waals surface area (Å²) in [4.78, 5) is 22.1. The van der Waals surface area contributed by atoms with Gasteiger partial charge in [0.2, 0.25) is 0 Å². The van der Waals surface area contributed by atoms with Crippen molar-refractivity contribution in [3.05, 3.63) is 54.1 Å². The zero-order valence-corrected chi connectivity index (χ0v) is 16.5. The summed E-state index contributed by atoms with van der Waals surface area (Å²) in [6.45, 7) is 2.74.